The fraction of sp³-hybridized carbons (Fsp3) is 0.429. The van der Waals surface area contributed by atoms with Gasteiger partial charge in [-0.1, -0.05) is 40.2 Å². The minimum Gasteiger partial charge on any atom is -0.353 e. The van der Waals surface area contributed by atoms with Gasteiger partial charge in [-0.05, 0) is 37.0 Å². The van der Waals surface area contributed by atoms with Gasteiger partial charge in [0.2, 0.25) is 0 Å². The molecule has 0 spiro atoms. The van der Waals surface area contributed by atoms with Crippen LogP contribution in [-0.2, 0) is 9.47 Å². The van der Waals surface area contributed by atoms with E-state index in [1.54, 1.807) is 0 Å². The second-order valence-corrected chi connectivity index (χ2v) is 5.00. The van der Waals surface area contributed by atoms with Crippen LogP contribution in [0.4, 0.5) is 0 Å². The topological polar surface area (TPSA) is 18.5 Å². The van der Waals surface area contributed by atoms with Crippen molar-refractivity contribution in [2.75, 3.05) is 13.2 Å². The monoisotopic (exact) mass is 296 g/mol. The Morgan fingerprint density at radius 2 is 2.35 bits per heavy atom. The molecule has 1 aliphatic rings. The van der Waals surface area contributed by atoms with Gasteiger partial charge in [0.15, 0.2) is 6.29 Å². The molecule has 1 fully saturated rings. The van der Waals surface area contributed by atoms with Crippen LogP contribution in [-0.4, -0.2) is 19.5 Å². The van der Waals surface area contributed by atoms with Gasteiger partial charge in [0.05, 0.1) is 6.61 Å². The summed E-state index contributed by atoms with van der Waals surface area (Å²) in [5.74, 6) is 0. The van der Waals surface area contributed by atoms with Crippen molar-refractivity contribution in [2.45, 2.75) is 25.6 Å². The number of hydrogen-bond acceptors (Lipinski definition) is 2. The molecule has 1 aromatic carbocycles. The molecule has 0 aliphatic carbocycles. The number of benzene rings is 1. The second kappa shape index (κ2) is 6.94. The standard InChI is InChI=1S/C14H17BrO2/c15-13-7-3-5-12(11-13)6-4-10-17-14-8-1-2-9-16-14/h3-7,11,14H,1-2,8-10H2. The van der Waals surface area contributed by atoms with Gasteiger partial charge in [0.1, 0.15) is 0 Å². The molecule has 1 heterocycles. The Hall–Kier alpha value is -0.640. The van der Waals surface area contributed by atoms with E-state index in [1.165, 1.54) is 12.0 Å². The van der Waals surface area contributed by atoms with Crippen LogP contribution in [0.3, 0.4) is 0 Å². The molecule has 17 heavy (non-hydrogen) atoms. The zero-order valence-corrected chi connectivity index (χ0v) is 11.4. The van der Waals surface area contributed by atoms with Gasteiger partial charge in [-0.3, -0.25) is 0 Å². The van der Waals surface area contributed by atoms with E-state index in [0.29, 0.717) is 6.61 Å². The normalized spacial score (nSPS) is 20.9. The van der Waals surface area contributed by atoms with Gasteiger partial charge >= 0.3 is 0 Å². The predicted octanol–water partition coefficient (Wildman–Crippen LogP) is 4.01. The molecular weight excluding hydrogens is 280 g/mol. The summed E-state index contributed by atoms with van der Waals surface area (Å²) in [6.07, 6.45) is 7.47. The van der Waals surface area contributed by atoms with E-state index in [1.807, 2.05) is 18.2 Å². The molecular formula is C14H17BrO2. The van der Waals surface area contributed by atoms with Crippen LogP contribution in [0.25, 0.3) is 6.08 Å². The number of hydrogen-bond donors (Lipinski definition) is 0. The third-order valence-corrected chi connectivity index (χ3v) is 3.17. The molecule has 0 saturated carbocycles. The van der Waals surface area contributed by atoms with Crippen molar-refractivity contribution < 1.29 is 9.47 Å². The lowest BCUT2D eigenvalue weighted by atomic mass is 10.2. The fourth-order valence-electron chi connectivity index (χ4n) is 1.80. The van der Waals surface area contributed by atoms with Crippen LogP contribution in [0.5, 0.6) is 0 Å². The molecule has 2 nitrogen and oxygen atoms in total. The molecule has 0 amide bonds. The molecule has 0 bridgehead atoms. The van der Waals surface area contributed by atoms with Gasteiger partial charge in [0.25, 0.3) is 0 Å². The van der Waals surface area contributed by atoms with Crippen LogP contribution >= 0.6 is 15.9 Å². The van der Waals surface area contributed by atoms with Crippen molar-refractivity contribution >= 4 is 22.0 Å². The average Bonchev–Trinajstić information content (AvgIpc) is 2.36. The highest BCUT2D eigenvalue weighted by atomic mass is 79.9. The fourth-order valence-corrected chi connectivity index (χ4v) is 2.22. The van der Waals surface area contributed by atoms with Crippen LogP contribution in [0.2, 0.25) is 0 Å². The Morgan fingerprint density at radius 3 is 3.12 bits per heavy atom. The van der Waals surface area contributed by atoms with Crippen molar-refractivity contribution in [3.8, 4) is 0 Å². The lowest BCUT2D eigenvalue weighted by molar-refractivity contribution is -0.155. The zero-order chi connectivity index (χ0) is 11.9. The Bertz CT molecular complexity index is 370. The number of ether oxygens (including phenoxy) is 2. The molecule has 3 heteroatoms. The second-order valence-electron chi connectivity index (χ2n) is 4.09. The molecule has 1 saturated heterocycles. The number of halogens is 1. The van der Waals surface area contributed by atoms with Crippen molar-refractivity contribution in [3.63, 3.8) is 0 Å². The van der Waals surface area contributed by atoms with Gasteiger partial charge < -0.3 is 9.47 Å². The Labute approximate surface area is 111 Å². The van der Waals surface area contributed by atoms with Gasteiger partial charge in [-0.25, -0.2) is 0 Å². The Kier molecular flexibility index (Phi) is 5.23. The highest BCUT2D eigenvalue weighted by molar-refractivity contribution is 9.10. The van der Waals surface area contributed by atoms with Crippen LogP contribution in [0.15, 0.2) is 34.8 Å². The van der Waals surface area contributed by atoms with Crippen molar-refractivity contribution in [1.29, 1.82) is 0 Å². The van der Waals surface area contributed by atoms with Crippen molar-refractivity contribution in [2.24, 2.45) is 0 Å². The van der Waals surface area contributed by atoms with Crippen molar-refractivity contribution in [3.05, 3.63) is 40.4 Å². The molecule has 0 aromatic heterocycles. The molecule has 1 unspecified atom stereocenters. The molecule has 1 aliphatic heterocycles. The van der Waals surface area contributed by atoms with Crippen molar-refractivity contribution in [1.82, 2.24) is 0 Å². The summed E-state index contributed by atoms with van der Waals surface area (Å²) in [5.41, 5.74) is 1.17. The van der Waals surface area contributed by atoms with Crippen LogP contribution < -0.4 is 0 Å². The van der Waals surface area contributed by atoms with E-state index in [9.17, 15) is 0 Å². The van der Waals surface area contributed by atoms with Gasteiger partial charge in [0, 0.05) is 11.1 Å². The van der Waals surface area contributed by atoms with Gasteiger partial charge in [-0.2, -0.15) is 0 Å². The van der Waals surface area contributed by atoms with Crippen LogP contribution in [0.1, 0.15) is 24.8 Å². The zero-order valence-electron chi connectivity index (χ0n) is 9.77. The number of rotatable bonds is 4. The summed E-state index contributed by atoms with van der Waals surface area (Å²) in [7, 11) is 0. The quantitative estimate of drug-likeness (QED) is 0.836. The Morgan fingerprint density at radius 1 is 1.41 bits per heavy atom. The summed E-state index contributed by atoms with van der Waals surface area (Å²) >= 11 is 3.45. The third-order valence-electron chi connectivity index (χ3n) is 2.68. The lowest BCUT2D eigenvalue weighted by Gasteiger charge is -2.21. The van der Waals surface area contributed by atoms with Crippen LogP contribution in [0, 0.1) is 0 Å². The molecule has 1 aromatic rings. The van der Waals surface area contributed by atoms with E-state index in [2.05, 4.69) is 34.1 Å². The minimum atomic E-state index is -0.00379. The maximum atomic E-state index is 5.61. The third kappa shape index (κ3) is 4.62. The summed E-state index contributed by atoms with van der Waals surface area (Å²) in [6, 6.07) is 8.19. The van der Waals surface area contributed by atoms with E-state index in [0.717, 1.165) is 23.9 Å². The maximum absolute atomic E-state index is 5.61. The molecule has 0 N–H and O–H groups in total. The average molecular weight is 297 g/mol. The first-order valence-corrected chi connectivity index (χ1v) is 6.79. The molecule has 1 atom stereocenters. The Balaban J connectivity index is 1.74. The van der Waals surface area contributed by atoms with E-state index in [-0.39, 0.29) is 6.29 Å². The summed E-state index contributed by atoms with van der Waals surface area (Å²) in [4.78, 5) is 0. The smallest absolute Gasteiger partial charge is 0.157 e. The highest BCUT2D eigenvalue weighted by Crippen LogP contribution is 2.14. The van der Waals surface area contributed by atoms with E-state index < -0.39 is 0 Å². The largest absolute Gasteiger partial charge is 0.353 e. The highest BCUT2D eigenvalue weighted by Gasteiger charge is 2.12. The summed E-state index contributed by atoms with van der Waals surface area (Å²) in [5, 5.41) is 0. The van der Waals surface area contributed by atoms with Gasteiger partial charge in [-0.15, -0.1) is 0 Å². The predicted molar refractivity (Wildman–Crippen MR) is 72.7 cm³/mol. The first kappa shape index (κ1) is 12.8. The molecule has 0 radical (unpaired) electrons. The molecule has 2 rings (SSSR count). The lowest BCUT2D eigenvalue weighted by Crippen LogP contribution is -2.22. The summed E-state index contributed by atoms with van der Waals surface area (Å²) in [6.45, 7) is 1.44. The minimum absolute atomic E-state index is 0.00379. The first-order chi connectivity index (χ1) is 8.34. The van der Waals surface area contributed by atoms with E-state index in [4.69, 9.17) is 9.47 Å². The molecule has 92 valence electrons. The van der Waals surface area contributed by atoms with E-state index >= 15 is 0 Å². The maximum Gasteiger partial charge on any atom is 0.157 e. The first-order valence-electron chi connectivity index (χ1n) is 6.00. The summed E-state index contributed by atoms with van der Waals surface area (Å²) < 4.78 is 12.2. The SMILES string of the molecule is Brc1cccc(C=CCOC2CCCCO2)c1.